The average Bonchev–Trinajstić information content (AvgIpc) is 2.20. The predicted octanol–water partition coefficient (Wildman–Crippen LogP) is 1.66. The van der Waals surface area contributed by atoms with Crippen LogP contribution in [0.15, 0.2) is 0 Å². The first-order valence-electron chi connectivity index (χ1n) is 3.13. The van der Waals surface area contributed by atoms with E-state index in [0.29, 0.717) is 5.78 Å². The van der Waals surface area contributed by atoms with Crippen molar-refractivity contribution in [3.05, 3.63) is 0 Å². The SMILES string of the molecule is CC#N.O=C1CCCC1. The van der Waals surface area contributed by atoms with Gasteiger partial charge >= 0.3 is 0 Å². The van der Waals surface area contributed by atoms with E-state index in [2.05, 4.69) is 0 Å². The lowest BCUT2D eigenvalue weighted by Crippen LogP contribution is -1.81. The number of nitriles is 1. The minimum Gasteiger partial charge on any atom is -0.300 e. The predicted molar refractivity (Wildman–Crippen MR) is 34.8 cm³/mol. The fourth-order valence-electron chi connectivity index (χ4n) is 0.769. The first-order chi connectivity index (χ1) is 4.31. The number of hydrogen-bond donors (Lipinski definition) is 0. The number of rotatable bonds is 0. The molecule has 0 aromatic carbocycles. The molecule has 0 aromatic heterocycles. The molecular formula is C7H11NO. The summed E-state index contributed by atoms with van der Waals surface area (Å²) in [4.78, 5) is 10.2. The molecule has 1 saturated carbocycles. The van der Waals surface area contributed by atoms with E-state index < -0.39 is 0 Å². The molecule has 9 heavy (non-hydrogen) atoms. The van der Waals surface area contributed by atoms with Gasteiger partial charge in [-0.3, -0.25) is 4.79 Å². The van der Waals surface area contributed by atoms with E-state index in [4.69, 9.17) is 5.26 Å². The second-order valence-corrected chi connectivity index (χ2v) is 1.97. The van der Waals surface area contributed by atoms with E-state index in [1.165, 1.54) is 6.92 Å². The van der Waals surface area contributed by atoms with E-state index in [9.17, 15) is 4.79 Å². The molecule has 1 aliphatic carbocycles. The van der Waals surface area contributed by atoms with Crippen LogP contribution in [0.25, 0.3) is 0 Å². The molecule has 0 amide bonds. The molecule has 0 unspecified atom stereocenters. The Balaban J connectivity index is 0.000000187. The van der Waals surface area contributed by atoms with Gasteiger partial charge in [-0.05, 0) is 12.8 Å². The molecule has 0 aliphatic heterocycles. The second kappa shape index (κ2) is 5.30. The van der Waals surface area contributed by atoms with Crippen molar-refractivity contribution in [3.8, 4) is 6.07 Å². The van der Waals surface area contributed by atoms with Gasteiger partial charge in [0.1, 0.15) is 5.78 Å². The van der Waals surface area contributed by atoms with Crippen LogP contribution in [-0.4, -0.2) is 5.78 Å². The zero-order valence-electron chi connectivity index (χ0n) is 5.68. The van der Waals surface area contributed by atoms with E-state index in [0.717, 1.165) is 25.7 Å². The number of hydrogen-bond acceptors (Lipinski definition) is 2. The average molecular weight is 125 g/mol. The van der Waals surface area contributed by atoms with E-state index in [1.807, 2.05) is 0 Å². The molecule has 1 aliphatic rings. The maximum atomic E-state index is 10.2. The summed E-state index contributed by atoms with van der Waals surface area (Å²) in [5.74, 6) is 0.454. The number of nitrogens with zero attached hydrogens (tertiary/aromatic N) is 1. The molecule has 0 heterocycles. The first kappa shape index (κ1) is 8.16. The largest absolute Gasteiger partial charge is 0.300 e. The topological polar surface area (TPSA) is 40.9 Å². The zero-order chi connectivity index (χ0) is 7.11. The summed E-state index contributed by atoms with van der Waals surface area (Å²) in [7, 11) is 0. The van der Waals surface area contributed by atoms with Gasteiger partial charge in [-0.2, -0.15) is 5.26 Å². The van der Waals surface area contributed by atoms with Crippen molar-refractivity contribution in [3.63, 3.8) is 0 Å². The molecular weight excluding hydrogens is 114 g/mol. The molecule has 0 atom stereocenters. The fourth-order valence-corrected chi connectivity index (χ4v) is 0.769. The second-order valence-electron chi connectivity index (χ2n) is 1.97. The monoisotopic (exact) mass is 125 g/mol. The number of carbonyl (C=O) groups excluding carboxylic acids is 1. The molecule has 0 radical (unpaired) electrons. The van der Waals surface area contributed by atoms with Crippen LogP contribution in [0, 0.1) is 11.3 Å². The van der Waals surface area contributed by atoms with Gasteiger partial charge in [0, 0.05) is 19.8 Å². The first-order valence-corrected chi connectivity index (χ1v) is 3.13. The van der Waals surface area contributed by atoms with Crippen LogP contribution in [0.2, 0.25) is 0 Å². The van der Waals surface area contributed by atoms with Crippen molar-refractivity contribution >= 4 is 5.78 Å². The normalized spacial score (nSPS) is 15.8. The highest BCUT2D eigenvalue weighted by molar-refractivity contribution is 5.79. The summed E-state index contributed by atoms with van der Waals surface area (Å²) >= 11 is 0. The molecule has 0 N–H and O–H groups in total. The van der Waals surface area contributed by atoms with Crippen molar-refractivity contribution in [1.29, 1.82) is 5.26 Å². The fraction of sp³-hybridized carbons (Fsp3) is 0.714. The van der Waals surface area contributed by atoms with Gasteiger partial charge in [-0.15, -0.1) is 0 Å². The minimum absolute atomic E-state index is 0.454. The van der Waals surface area contributed by atoms with E-state index in [-0.39, 0.29) is 0 Å². The molecule has 2 nitrogen and oxygen atoms in total. The highest BCUT2D eigenvalue weighted by atomic mass is 16.1. The maximum absolute atomic E-state index is 10.2. The molecule has 0 bridgehead atoms. The number of carbonyl (C=O) groups is 1. The summed E-state index contributed by atoms with van der Waals surface area (Å²) in [6.07, 6.45) is 3.97. The lowest BCUT2D eigenvalue weighted by Gasteiger charge is -1.71. The molecule has 1 rings (SSSR count). The lowest BCUT2D eigenvalue weighted by atomic mass is 10.4. The smallest absolute Gasteiger partial charge is 0.132 e. The van der Waals surface area contributed by atoms with Gasteiger partial charge in [0.15, 0.2) is 0 Å². The Bertz CT molecular complexity index is 115. The van der Waals surface area contributed by atoms with Gasteiger partial charge < -0.3 is 0 Å². The molecule has 0 saturated heterocycles. The quantitative estimate of drug-likeness (QED) is 0.494. The van der Waals surface area contributed by atoms with Crippen molar-refractivity contribution in [2.45, 2.75) is 32.6 Å². The minimum atomic E-state index is 0.454. The van der Waals surface area contributed by atoms with E-state index in [1.54, 1.807) is 6.07 Å². The van der Waals surface area contributed by atoms with Gasteiger partial charge in [0.05, 0.1) is 6.07 Å². The van der Waals surface area contributed by atoms with Crippen LogP contribution in [-0.2, 0) is 4.79 Å². The van der Waals surface area contributed by atoms with Crippen molar-refractivity contribution in [2.75, 3.05) is 0 Å². The number of Topliss-reactive ketones (excluding diaryl/α,β-unsaturated/α-hetero) is 1. The third kappa shape index (κ3) is 5.02. The standard InChI is InChI=1S/C5H8O.C2H3N/c6-5-3-1-2-4-5;1-2-3/h1-4H2;1H3. The molecule has 0 aromatic rings. The van der Waals surface area contributed by atoms with Crippen molar-refractivity contribution < 1.29 is 4.79 Å². The van der Waals surface area contributed by atoms with E-state index >= 15 is 0 Å². The molecule has 2 heteroatoms. The van der Waals surface area contributed by atoms with Crippen LogP contribution in [0.4, 0.5) is 0 Å². The summed E-state index contributed by atoms with van der Waals surface area (Å²) in [6.45, 7) is 1.43. The van der Waals surface area contributed by atoms with Crippen molar-refractivity contribution in [2.24, 2.45) is 0 Å². The maximum Gasteiger partial charge on any atom is 0.132 e. The Hall–Kier alpha value is -0.840. The Kier molecular flexibility index (Phi) is 4.81. The van der Waals surface area contributed by atoms with Crippen molar-refractivity contribution in [1.82, 2.24) is 0 Å². The van der Waals surface area contributed by atoms with Gasteiger partial charge in [0.25, 0.3) is 0 Å². The summed E-state index contributed by atoms with van der Waals surface area (Å²) in [6, 6.07) is 1.75. The van der Waals surface area contributed by atoms with Gasteiger partial charge in [-0.25, -0.2) is 0 Å². The Morgan fingerprint density at radius 3 is 1.89 bits per heavy atom. The van der Waals surface area contributed by atoms with Crippen LogP contribution in [0.1, 0.15) is 32.6 Å². The lowest BCUT2D eigenvalue weighted by molar-refractivity contribution is -0.117. The molecule has 1 fully saturated rings. The third-order valence-electron chi connectivity index (χ3n) is 1.16. The summed E-state index contributed by atoms with van der Waals surface area (Å²) in [5, 5.41) is 7.32. The zero-order valence-corrected chi connectivity index (χ0v) is 5.68. The Morgan fingerprint density at radius 2 is 1.78 bits per heavy atom. The van der Waals surface area contributed by atoms with Crippen LogP contribution in [0.3, 0.4) is 0 Å². The highest BCUT2D eigenvalue weighted by Gasteiger charge is 2.07. The number of ketones is 1. The van der Waals surface area contributed by atoms with Crippen LogP contribution in [0.5, 0.6) is 0 Å². The van der Waals surface area contributed by atoms with Crippen LogP contribution < -0.4 is 0 Å². The Labute approximate surface area is 55.5 Å². The molecule has 0 spiro atoms. The summed E-state index contributed by atoms with van der Waals surface area (Å²) in [5.41, 5.74) is 0. The van der Waals surface area contributed by atoms with Gasteiger partial charge in [-0.1, -0.05) is 0 Å². The molecule has 50 valence electrons. The van der Waals surface area contributed by atoms with Gasteiger partial charge in [0.2, 0.25) is 0 Å². The highest BCUT2D eigenvalue weighted by Crippen LogP contribution is 2.11. The third-order valence-corrected chi connectivity index (χ3v) is 1.16. The summed E-state index contributed by atoms with van der Waals surface area (Å²) < 4.78 is 0. The Morgan fingerprint density at radius 1 is 1.44 bits per heavy atom. The van der Waals surface area contributed by atoms with Crippen LogP contribution >= 0.6 is 0 Å².